The smallest absolute Gasteiger partial charge is 0.0826 e. The highest BCUT2D eigenvalue weighted by molar-refractivity contribution is 5.65. The van der Waals surface area contributed by atoms with Crippen molar-refractivity contribution in [2.24, 2.45) is 0 Å². The van der Waals surface area contributed by atoms with E-state index in [9.17, 15) is 0 Å². The Hall–Kier alpha value is -0.690. The zero-order valence-electron chi connectivity index (χ0n) is 7.78. The van der Waals surface area contributed by atoms with Crippen LogP contribution in [0.3, 0.4) is 0 Å². The van der Waals surface area contributed by atoms with E-state index >= 15 is 0 Å². The second kappa shape index (κ2) is 31.7. The molecule has 0 spiro atoms. The normalized spacial score (nSPS) is 6.08. The van der Waals surface area contributed by atoms with Gasteiger partial charge in [-0.2, -0.15) is 0 Å². The molecule has 0 aliphatic rings. The fourth-order valence-corrected chi connectivity index (χ4v) is 0. The lowest BCUT2D eigenvalue weighted by Gasteiger charge is -1.86. The van der Waals surface area contributed by atoms with Crippen molar-refractivity contribution in [2.45, 2.75) is 13.8 Å². The van der Waals surface area contributed by atoms with Crippen LogP contribution in [-0.4, -0.2) is 41.1 Å². The van der Waals surface area contributed by atoms with Gasteiger partial charge >= 0.3 is 0 Å². The van der Waals surface area contributed by atoms with Crippen LogP contribution in [0.1, 0.15) is 13.8 Å². The zero-order chi connectivity index (χ0) is 9.70. The molecular formula is C6H19NO5. The minimum atomic E-state index is -1.44. The lowest BCUT2D eigenvalue weighted by atomic mass is 10.8. The summed E-state index contributed by atoms with van der Waals surface area (Å²) < 4.78 is 0. The molecule has 0 fully saturated rings. The first-order valence-electron chi connectivity index (χ1n) is 3.12. The molecule has 0 aromatic carbocycles. The van der Waals surface area contributed by atoms with Gasteiger partial charge in [-0.05, 0) is 13.8 Å². The molecule has 0 saturated heterocycles. The highest BCUT2D eigenvalue weighted by Gasteiger charge is 1.66. The van der Waals surface area contributed by atoms with Gasteiger partial charge < -0.3 is 31.4 Å². The van der Waals surface area contributed by atoms with Crippen LogP contribution in [0.2, 0.25) is 0 Å². The molecule has 0 aromatic heterocycles. The molecule has 0 radical (unpaired) electrons. The quantitative estimate of drug-likeness (QED) is 0.378. The van der Waals surface area contributed by atoms with Gasteiger partial charge in [-0.15, -0.1) is 0 Å². The van der Waals surface area contributed by atoms with Crippen LogP contribution in [0.15, 0.2) is 0 Å². The number of rotatable bonds is 1. The average Bonchev–Trinajstić information content (AvgIpc) is 1.91. The maximum absolute atomic E-state index is 9.01. The van der Waals surface area contributed by atoms with Crippen LogP contribution in [-0.2, 0) is 4.79 Å². The second-order valence-electron chi connectivity index (χ2n) is 1.16. The largest absolute Gasteiger partial charge is 0.548 e. The topological polar surface area (TPSA) is 137 Å². The van der Waals surface area contributed by atoms with E-state index < -0.39 is 12.6 Å². The van der Waals surface area contributed by atoms with Crippen molar-refractivity contribution in [3.63, 3.8) is 0 Å². The van der Waals surface area contributed by atoms with Crippen molar-refractivity contribution in [1.82, 2.24) is 6.15 Å². The van der Waals surface area contributed by atoms with Gasteiger partial charge in [0.25, 0.3) is 0 Å². The summed E-state index contributed by atoms with van der Waals surface area (Å²) in [6.45, 7) is 2.97. The Balaban J connectivity index is -0.0000000406. The molecule has 0 aliphatic carbocycles. The molecule has 0 bridgehead atoms. The molecule has 0 amide bonds. The first-order chi connectivity index (χ1) is 5.10. The van der Waals surface area contributed by atoms with Crippen molar-refractivity contribution in [3.05, 3.63) is 0 Å². The van der Waals surface area contributed by atoms with Crippen LogP contribution in [0.5, 0.6) is 0 Å². The number of carbonyl (C=O) groups excluding carboxylic acids is 1. The van der Waals surface area contributed by atoms with Crippen molar-refractivity contribution in [1.29, 1.82) is 0 Å². The van der Waals surface area contributed by atoms with Crippen molar-refractivity contribution in [2.75, 3.05) is 19.8 Å². The second-order valence-corrected chi connectivity index (χ2v) is 1.16. The van der Waals surface area contributed by atoms with E-state index in [-0.39, 0.29) is 19.4 Å². The highest BCUT2D eigenvalue weighted by atomic mass is 16.4. The van der Waals surface area contributed by atoms with Crippen LogP contribution in [0, 0.1) is 0 Å². The van der Waals surface area contributed by atoms with Gasteiger partial charge in [0.05, 0.1) is 12.6 Å². The van der Waals surface area contributed by atoms with E-state index in [1.54, 1.807) is 13.8 Å². The minimum Gasteiger partial charge on any atom is -0.548 e. The van der Waals surface area contributed by atoms with Gasteiger partial charge in [-0.1, -0.05) is 0 Å². The molecule has 0 unspecified atom stereocenters. The van der Waals surface area contributed by atoms with Crippen LogP contribution in [0.25, 0.3) is 0 Å². The van der Waals surface area contributed by atoms with E-state index in [1.807, 2.05) is 0 Å². The molecule has 0 aromatic rings. The average molecular weight is 185 g/mol. The molecule has 12 heavy (non-hydrogen) atoms. The van der Waals surface area contributed by atoms with E-state index in [0.717, 1.165) is 0 Å². The zero-order valence-corrected chi connectivity index (χ0v) is 7.78. The summed E-state index contributed by atoms with van der Waals surface area (Å²) in [5.74, 6) is -1.44. The summed E-state index contributed by atoms with van der Waals surface area (Å²) >= 11 is 0. The lowest BCUT2D eigenvalue weighted by molar-refractivity contribution is -0.308. The van der Waals surface area contributed by atoms with E-state index in [1.165, 1.54) is 0 Å². The standard InChI is InChI=1S/C2H4O3.2C2H6O.H3N/c3-1-2(4)5;2*1-2-3;/h3H,1H2,(H,4,5);2*3H,2H2,1H3;1H3. The number of hydrogen-bond donors (Lipinski definition) is 4. The summed E-state index contributed by atoms with van der Waals surface area (Å²) in [5.41, 5.74) is 0. The van der Waals surface area contributed by atoms with Crippen LogP contribution >= 0.6 is 0 Å². The predicted octanol–water partition coefficient (Wildman–Crippen LogP) is -1.90. The van der Waals surface area contributed by atoms with E-state index in [0.29, 0.717) is 0 Å². The predicted molar refractivity (Wildman–Crippen MR) is 43.6 cm³/mol. The minimum absolute atomic E-state index is 0. The van der Waals surface area contributed by atoms with Gasteiger partial charge in [-0.25, -0.2) is 0 Å². The number of aliphatic carboxylic acids is 1. The fraction of sp³-hybridized carbons (Fsp3) is 0.833. The monoisotopic (exact) mass is 185 g/mol. The molecule has 0 saturated carbocycles. The van der Waals surface area contributed by atoms with Crippen LogP contribution < -0.4 is 11.3 Å². The van der Waals surface area contributed by atoms with Crippen LogP contribution in [0.4, 0.5) is 0 Å². The Morgan fingerprint density at radius 3 is 1.25 bits per heavy atom. The third-order valence-electron chi connectivity index (χ3n) is 0.129. The number of aliphatic hydroxyl groups is 3. The highest BCUT2D eigenvalue weighted by Crippen LogP contribution is 1.40. The molecule has 0 heterocycles. The molecular weight excluding hydrogens is 166 g/mol. The molecule has 78 valence electrons. The van der Waals surface area contributed by atoms with Gasteiger partial charge in [-0.3, -0.25) is 0 Å². The SMILES string of the molecule is CCO.CCO.O=C([O-])CO.[NH4+]. The first kappa shape index (κ1) is 22.5. The van der Waals surface area contributed by atoms with Gasteiger partial charge in [0.2, 0.25) is 0 Å². The van der Waals surface area contributed by atoms with Gasteiger partial charge in [0.1, 0.15) is 0 Å². The number of carboxylic acids is 1. The van der Waals surface area contributed by atoms with Crippen molar-refractivity contribution < 1.29 is 25.2 Å². The maximum Gasteiger partial charge on any atom is 0.0826 e. The third-order valence-corrected chi connectivity index (χ3v) is 0.129. The number of aliphatic hydroxyl groups excluding tert-OH is 3. The Kier molecular flexibility index (Phi) is 59.4. The fourth-order valence-electron chi connectivity index (χ4n) is 0. The summed E-state index contributed by atoms with van der Waals surface area (Å²) in [7, 11) is 0. The Morgan fingerprint density at radius 1 is 1.17 bits per heavy atom. The molecule has 0 atom stereocenters. The first-order valence-corrected chi connectivity index (χ1v) is 3.12. The maximum atomic E-state index is 9.01. The van der Waals surface area contributed by atoms with E-state index in [2.05, 4.69) is 0 Å². The van der Waals surface area contributed by atoms with Gasteiger partial charge in [0, 0.05) is 13.2 Å². The van der Waals surface area contributed by atoms with Gasteiger partial charge in [0.15, 0.2) is 0 Å². The van der Waals surface area contributed by atoms with Crippen molar-refractivity contribution >= 4 is 5.97 Å². The number of carboxylic acid groups (broad SMARTS) is 1. The molecule has 6 nitrogen and oxygen atoms in total. The molecule has 6 heteroatoms. The summed E-state index contributed by atoms with van der Waals surface area (Å²) in [4.78, 5) is 9.01. The van der Waals surface area contributed by atoms with E-state index in [4.69, 9.17) is 25.2 Å². The number of hydrogen-bond acceptors (Lipinski definition) is 5. The molecule has 7 N–H and O–H groups in total. The number of carbonyl (C=O) groups is 1. The summed E-state index contributed by atoms with van der Waals surface area (Å²) in [5, 5.41) is 31.6. The molecule has 0 rings (SSSR count). The molecule has 0 aliphatic heterocycles. The Bertz CT molecular complexity index is 67.0. The van der Waals surface area contributed by atoms with Crippen molar-refractivity contribution in [3.8, 4) is 0 Å². The lowest BCUT2D eigenvalue weighted by Crippen LogP contribution is -2.25. The number of quaternary nitrogens is 1. The Labute approximate surface area is 72.0 Å². The summed E-state index contributed by atoms with van der Waals surface area (Å²) in [6.07, 6.45) is 0. The summed E-state index contributed by atoms with van der Waals surface area (Å²) in [6, 6.07) is 0. The third kappa shape index (κ3) is 375. The Morgan fingerprint density at radius 2 is 1.25 bits per heavy atom.